The highest BCUT2D eigenvalue weighted by Crippen LogP contribution is 2.48. The Hall–Kier alpha value is -2.81. The van der Waals surface area contributed by atoms with E-state index in [1.165, 1.54) is 0 Å². The quantitative estimate of drug-likeness (QED) is 0.459. The van der Waals surface area contributed by atoms with E-state index in [0.717, 1.165) is 35.1 Å². The van der Waals surface area contributed by atoms with Gasteiger partial charge in [0.2, 0.25) is 5.91 Å². The number of thioether (sulfide) groups is 1. The van der Waals surface area contributed by atoms with E-state index in [1.54, 1.807) is 25.2 Å². The van der Waals surface area contributed by atoms with Crippen LogP contribution in [0, 0.1) is 0 Å². The molecule has 1 aliphatic carbocycles. The zero-order valence-corrected chi connectivity index (χ0v) is 16.5. The minimum Gasteiger partial charge on any atom is -0.497 e. The van der Waals surface area contributed by atoms with Crippen LogP contribution in [0.2, 0.25) is 0 Å². The third-order valence-corrected chi connectivity index (χ3v) is 5.86. The average molecular weight is 399 g/mol. The molecule has 3 aromatic rings. The van der Waals surface area contributed by atoms with E-state index in [1.807, 2.05) is 41.9 Å². The maximum Gasteiger partial charge on any atom is 0.232 e. The third kappa shape index (κ3) is 3.62. The molecule has 1 saturated carbocycles. The minimum atomic E-state index is -0.573. The van der Waals surface area contributed by atoms with Crippen LogP contribution in [-0.2, 0) is 17.3 Å². The molecule has 2 aromatic heterocycles. The number of amides is 1. The van der Waals surface area contributed by atoms with Crippen LogP contribution in [0.4, 0.5) is 0 Å². The van der Waals surface area contributed by atoms with Crippen LogP contribution in [0.1, 0.15) is 18.5 Å². The van der Waals surface area contributed by atoms with Gasteiger partial charge in [-0.05, 0) is 25.0 Å². The summed E-state index contributed by atoms with van der Waals surface area (Å²) in [6.45, 7) is 0.554. The lowest BCUT2D eigenvalue weighted by Gasteiger charge is -2.12. The van der Waals surface area contributed by atoms with Crippen molar-refractivity contribution in [2.45, 2.75) is 23.4 Å². The number of hydrogen-bond donors (Lipinski definition) is 1. The van der Waals surface area contributed by atoms with Crippen molar-refractivity contribution in [3.63, 3.8) is 0 Å². The number of aryl methyl sites for hydroxylation is 1. The summed E-state index contributed by atoms with van der Waals surface area (Å²) in [7, 11) is 3.52. The minimum absolute atomic E-state index is 0.00319. The van der Waals surface area contributed by atoms with Gasteiger partial charge in [-0.25, -0.2) is 0 Å². The standard InChI is InChI=1S/C19H21N5O3S/c1-24-12-21-22-18(24)28-9-8-20-17(25)19(6-7-19)16-11-15(27-23-16)13-4-3-5-14(10-13)26-2/h3-5,10-12H,6-9H2,1-2H3,(H,20,25). The van der Waals surface area contributed by atoms with E-state index in [-0.39, 0.29) is 5.91 Å². The molecular weight excluding hydrogens is 378 g/mol. The average Bonchev–Trinajstić information content (AvgIpc) is 3.19. The predicted molar refractivity (Wildman–Crippen MR) is 104 cm³/mol. The highest BCUT2D eigenvalue weighted by Gasteiger charge is 2.53. The number of benzene rings is 1. The van der Waals surface area contributed by atoms with Crippen molar-refractivity contribution in [2.75, 3.05) is 19.4 Å². The van der Waals surface area contributed by atoms with E-state index < -0.39 is 5.41 Å². The second-order valence-corrected chi connectivity index (χ2v) is 7.78. The Balaban J connectivity index is 1.38. The van der Waals surface area contributed by atoms with Gasteiger partial charge in [-0.2, -0.15) is 0 Å². The largest absolute Gasteiger partial charge is 0.497 e. The zero-order chi connectivity index (χ0) is 19.6. The summed E-state index contributed by atoms with van der Waals surface area (Å²) in [5.41, 5.74) is 0.981. The molecule has 1 aromatic carbocycles. The van der Waals surface area contributed by atoms with Gasteiger partial charge in [0, 0.05) is 31.0 Å². The predicted octanol–water partition coefficient (Wildman–Crippen LogP) is 2.42. The van der Waals surface area contributed by atoms with Gasteiger partial charge in [0.05, 0.1) is 18.2 Å². The molecule has 146 valence electrons. The van der Waals surface area contributed by atoms with Crippen molar-refractivity contribution >= 4 is 17.7 Å². The fourth-order valence-electron chi connectivity index (χ4n) is 3.02. The van der Waals surface area contributed by atoms with Gasteiger partial charge in [-0.3, -0.25) is 4.79 Å². The summed E-state index contributed by atoms with van der Waals surface area (Å²) in [5.74, 6) is 2.10. The number of rotatable bonds is 8. The van der Waals surface area contributed by atoms with Crippen molar-refractivity contribution in [1.82, 2.24) is 25.2 Å². The van der Waals surface area contributed by atoms with Gasteiger partial charge >= 0.3 is 0 Å². The molecule has 0 spiro atoms. The van der Waals surface area contributed by atoms with Gasteiger partial charge in [-0.15, -0.1) is 10.2 Å². The van der Waals surface area contributed by atoms with Crippen LogP contribution in [0.5, 0.6) is 5.75 Å². The maximum absolute atomic E-state index is 12.7. The number of methoxy groups -OCH3 is 1. The van der Waals surface area contributed by atoms with Crippen molar-refractivity contribution in [3.8, 4) is 17.1 Å². The van der Waals surface area contributed by atoms with Crippen molar-refractivity contribution in [2.24, 2.45) is 7.05 Å². The molecule has 8 nitrogen and oxygen atoms in total. The molecule has 0 aliphatic heterocycles. The van der Waals surface area contributed by atoms with Gasteiger partial charge < -0.3 is 19.1 Å². The summed E-state index contributed by atoms with van der Waals surface area (Å²) in [5, 5.41) is 15.9. The van der Waals surface area contributed by atoms with Crippen LogP contribution < -0.4 is 10.1 Å². The van der Waals surface area contributed by atoms with Crippen molar-refractivity contribution in [3.05, 3.63) is 42.4 Å². The fraction of sp³-hybridized carbons (Fsp3) is 0.368. The monoisotopic (exact) mass is 399 g/mol. The molecule has 0 bridgehead atoms. The molecule has 28 heavy (non-hydrogen) atoms. The summed E-state index contributed by atoms with van der Waals surface area (Å²) < 4.78 is 12.6. The molecule has 1 aliphatic rings. The summed E-state index contributed by atoms with van der Waals surface area (Å²) in [6, 6.07) is 9.43. The van der Waals surface area contributed by atoms with Crippen LogP contribution >= 0.6 is 11.8 Å². The lowest BCUT2D eigenvalue weighted by molar-refractivity contribution is -0.123. The van der Waals surface area contributed by atoms with Crippen molar-refractivity contribution in [1.29, 1.82) is 0 Å². The third-order valence-electron chi connectivity index (χ3n) is 4.83. The van der Waals surface area contributed by atoms with E-state index in [4.69, 9.17) is 9.26 Å². The van der Waals surface area contributed by atoms with Crippen LogP contribution in [-0.4, -0.2) is 45.2 Å². The molecule has 1 fully saturated rings. The maximum atomic E-state index is 12.7. The summed E-state index contributed by atoms with van der Waals surface area (Å²) >= 11 is 1.56. The molecular formula is C19H21N5O3S. The lowest BCUT2D eigenvalue weighted by atomic mass is 10.0. The van der Waals surface area contributed by atoms with E-state index in [0.29, 0.717) is 18.0 Å². The molecule has 4 rings (SSSR count). The first kappa shape index (κ1) is 18.5. The molecule has 0 saturated heterocycles. The molecule has 1 N–H and O–H groups in total. The lowest BCUT2D eigenvalue weighted by Crippen LogP contribution is -2.36. The molecule has 0 unspecified atom stereocenters. The van der Waals surface area contributed by atoms with Gasteiger partial charge in [-0.1, -0.05) is 29.1 Å². The zero-order valence-electron chi connectivity index (χ0n) is 15.7. The number of hydrogen-bond acceptors (Lipinski definition) is 7. The Morgan fingerprint density at radius 3 is 2.96 bits per heavy atom. The Bertz CT molecular complexity index is 979. The summed E-state index contributed by atoms with van der Waals surface area (Å²) in [6.07, 6.45) is 3.21. The molecule has 9 heteroatoms. The first-order valence-corrected chi connectivity index (χ1v) is 9.98. The smallest absolute Gasteiger partial charge is 0.232 e. The topological polar surface area (TPSA) is 95.1 Å². The SMILES string of the molecule is COc1cccc(-c2cc(C3(C(=O)NCCSc4nncn4C)CC3)no2)c1. The van der Waals surface area contributed by atoms with Gasteiger partial charge in [0.25, 0.3) is 0 Å². The van der Waals surface area contributed by atoms with Crippen LogP contribution in [0.25, 0.3) is 11.3 Å². The van der Waals surface area contributed by atoms with E-state index in [2.05, 4.69) is 20.7 Å². The molecule has 1 amide bonds. The Kier molecular flexibility index (Phi) is 5.08. The Morgan fingerprint density at radius 2 is 2.25 bits per heavy atom. The highest BCUT2D eigenvalue weighted by molar-refractivity contribution is 7.99. The second kappa shape index (κ2) is 7.67. The second-order valence-electron chi connectivity index (χ2n) is 6.72. The van der Waals surface area contributed by atoms with Gasteiger partial charge in [0.15, 0.2) is 10.9 Å². The first-order valence-electron chi connectivity index (χ1n) is 8.99. The Morgan fingerprint density at radius 1 is 1.39 bits per heavy atom. The van der Waals surface area contributed by atoms with Crippen LogP contribution in [0.3, 0.4) is 0 Å². The number of carbonyl (C=O) groups is 1. The molecule has 0 radical (unpaired) electrons. The number of aromatic nitrogens is 4. The highest BCUT2D eigenvalue weighted by atomic mass is 32.2. The number of ether oxygens (including phenoxy) is 1. The Labute approximate surface area is 166 Å². The fourth-order valence-corrected chi connectivity index (χ4v) is 3.76. The summed E-state index contributed by atoms with van der Waals surface area (Å²) in [4.78, 5) is 12.7. The normalized spacial score (nSPS) is 14.6. The van der Waals surface area contributed by atoms with Crippen molar-refractivity contribution < 1.29 is 14.1 Å². The number of nitrogens with zero attached hydrogens (tertiary/aromatic N) is 4. The van der Waals surface area contributed by atoms with E-state index in [9.17, 15) is 4.79 Å². The molecule has 0 atom stereocenters. The van der Waals surface area contributed by atoms with Crippen LogP contribution in [0.15, 0.2) is 46.3 Å². The van der Waals surface area contributed by atoms with E-state index >= 15 is 0 Å². The number of carbonyl (C=O) groups excluding carboxylic acids is 1. The first-order chi connectivity index (χ1) is 13.6. The molecule has 2 heterocycles. The van der Waals surface area contributed by atoms with Gasteiger partial charge in [0.1, 0.15) is 12.1 Å². The number of nitrogens with one attached hydrogen (secondary N) is 1.